The van der Waals surface area contributed by atoms with Gasteiger partial charge in [-0.2, -0.15) is 0 Å². The van der Waals surface area contributed by atoms with Gasteiger partial charge in [0.1, 0.15) is 0 Å². The first-order valence-corrected chi connectivity index (χ1v) is 7.52. The first-order valence-electron chi connectivity index (χ1n) is 7.52. The Morgan fingerprint density at radius 1 is 1.22 bits per heavy atom. The Bertz CT molecular complexity index is 854. The highest BCUT2D eigenvalue weighted by Crippen LogP contribution is 2.21. The number of nitrogens with zero attached hydrogens (tertiary/aromatic N) is 1. The second-order valence-corrected chi connectivity index (χ2v) is 5.52. The minimum absolute atomic E-state index is 0.238. The van der Waals surface area contributed by atoms with Crippen LogP contribution in [0.1, 0.15) is 33.7 Å². The minimum Gasteiger partial charge on any atom is -0.436 e. The number of amides is 1. The normalized spacial score (nSPS) is 12.3. The molecule has 0 fully saturated rings. The fourth-order valence-corrected chi connectivity index (χ4v) is 2.67. The summed E-state index contributed by atoms with van der Waals surface area (Å²) in [6.45, 7) is 3.77. The van der Waals surface area contributed by atoms with Crippen LogP contribution in [0.15, 0.2) is 46.9 Å². The number of rotatable bonds is 4. The van der Waals surface area contributed by atoms with E-state index < -0.39 is 0 Å². The molecule has 1 heterocycles. The zero-order chi connectivity index (χ0) is 16.4. The van der Waals surface area contributed by atoms with Crippen LogP contribution in [-0.4, -0.2) is 17.4 Å². The Kier molecular flexibility index (Phi) is 4.12. The van der Waals surface area contributed by atoms with Crippen LogP contribution in [0.5, 0.6) is 0 Å². The fraction of sp³-hybridized carbons (Fsp3) is 0.222. The molecule has 0 spiro atoms. The Hall–Kier alpha value is -2.66. The number of oxazole rings is 1. The molecule has 0 radical (unpaired) electrons. The number of nitrogens with one attached hydrogen (secondary N) is 1. The third-order valence-electron chi connectivity index (χ3n) is 3.83. The van der Waals surface area contributed by atoms with Crippen LogP contribution in [0.4, 0.5) is 0 Å². The lowest BCUT2D eigenvalue weighted by Gasteiger charge is -2.17. The quantitative estimate of drug-likeness (QED) is 0.776. The first kappa shape index (κ1) is 15.2. The van der Waals surface area contributed by atoms with Gasteiger partial charge in [0.2, 0.25) is 5.76 Å². The molecule has 0 aliphatic carbocycles. The molecule has 2 aromatic carbocycles. The van der Waals surface area contributed by atoms with E-state index in [0.717, 1.165) is 16.3 Å². The second kappa shape index (κ2) is 6.22. The topological polar surface area (TPSA) is 81.2 Å². The maximum Gasteiger partial charge on any atom is 0.289 e. The molecule has 23 heavy (non-hydrogen) atoms. The number of benzene rings is 2. The van der Waals surface area contributed by atoms with Crippen molar-refractivity contribution in [1.82, 2.24) is 10.3 Å². The molecule has 0 saturated heterocycles. The molecule has 5 nitrogen and oxygen atoms in total. The summed E-state index contributed by atoms with van der Waals surface area (Å²) in [7, 11) is 0. The molecule has 1 atom stereocenters. The van der Waals surface area contributed by atoms with Gasteiger partial charge >= 0.3 is 0 Å². The Labute approximate surface area is 134 Å². The lowest BCUT2D eigenvalue weighted by molar-refractivity contribution is 0.0907. The molecule has 1 unspecified atom stereocenters. The number of nitrogens with two attached hydrogens (primary N) is 1. The Balaban J connectivity index is 1.86. The van der Waals surface area contributed by atoms with Gasteiger partial charge in [0.25, 0.3) is 5.91 Å². The van der Waals surface area contributed by atoms with E-state index >= 15 is 0 Å². The van der Waals surface area contributed by atoms with Crippen molar-refractivity contribution >= 4 is 16.7 Å². The zero-order valence-electron chi connectivity index (χ0n) is 13.2. The smallest absolute Gasteiger partial charge is 0.289 e. The molecule has 0 saturated carbocycles. The molecule has 0 bridgehead atoms. The van der Waals surface area contributed by atoms with Gasteiger partial charge in [-0.3, -0.25) is 4.79 Å². The summed E-state index contributed by atoms with van der Waals surface area (Å²) in [5, 5.41) is 5.19. The van der Waals surface area contributed by atoms with E-state index in [4.69, 9.17) is 10.2 Å². The molecule has 0 aliphatic heterocycles. The van der Waals surface area contributed by atoms with E-state index in [1.807, 2.05) is 36.4 Å². The van der Waals surface area contributed by atoms with Gasteiger partial charge < -0.3 is 15.5 Å². The van der Waals surface area contributed by atoms with Crippen molar-refractivity contribution in [1.29, 1.82) is 0 Å². The van der Waals surface area contributed by atoms with Gasteiger partial charge in [-0.05, 0) is 29.3 Å². The van der Waals surface area contributed by atoms with Crippen LogP contribution < -0.4 is 11.1 Å². The van der Waals surface area contributed by atoms with E-state index in [-0.39, 0.29) is 17.7 Å². The van der Waals surface area contributed by atoms with Crippen molar-refractivity contribution < 1.29 is 9.21 Å². The molecule has 3 aromatic rings. The maximum absolute atomic E-state index is 12.4. The maximum atomic E-state index is 12.4. The third kappa shape index (κ3) is 3.10. The number of aromatic nitrogens is 1. The average Bonchev–Trinajstić information content (AvgIpc) is 2.90. The Morgan fingerprint density at radius 3 is 2.61 bits per heavy atom. The summed E-state index contributed by atoms with van der Waals surface area (Å²) in [4.78, 5) is 16.5. The van der Waals surface area contributed by atoms with Crippen LogP contribution in [0.3, 0.4) is 0 Å². The molecule has 5 heteroatoms. The monoisotopic (exact) mass is 309 g/mol. The van der Waals surface area contributed by atoms with Gasteiger partial charge in [0.15, 0.2) is 5.89 Å². The van der Waals surface area contributed by atoms with Crippen LogP contribution in [0.2, 0.25) is 0 Å². The highest BCUT2D eigenvalue weighted by Gasteiger charge is 2.20. The first-order chi connectivity index (χ1) is 11.1. The minimum atomic E-state index is -0.299. The molecule has 118 valence electrons. The molecular formula is C18H19N3O2. The Morgan fingerprint density at radius 2 is 1.96 bits per heavy atom. The van der Waals surface area contributed by atoms with E-state index in [1.165, 1.54) is 0 Å². The fourth-order valence-electron chi connectivity index (χ4n) is 2.67. The number of hydrogen-bond acceptors (Lipinski definition) is 4. The molecule has 3 rings (SSSR count). The van der Waals surface area contributed by atoms with Gasteiger partial charge in [-0.1, -0.05) is 36.4 Å². The molecule has 1 amide bonds. The number of carbonyl (C=O) groups excluding carboxylic acids is 1. The van der Waals surface area contributed by atoms with E-state index in [1.54, 1.807) is 13.8 Å². The largest absolute Gasteiger partial charge is 0.436 e. The third-order valence-corrected chi connectivity index (χ3v) is 3.83. The summed E-state index contributed by atoms with van der Waals surface area (Å²) in [6.07, 6.45) is 0. The van der Waals surface area contributed by atoms with Crippen LogP contribution in [0.25, 0.3) is 10.8 Å². The number of aryl methyl sites for hydroxylation is 2. The van der Waals surface area contributed by atoms with Gasteiger partial charge in [-0.25, -0.2) is 4.98 Å². The summed E-state index contributed by atoms with van der Waals surface area (Å²) < 4.78 is 5.36. The second-order valence-electron chi connectivity index (χ2n) is 5.52. The lowest BCUT2D eigenvalue weighted by Crippen LogP contribution is -2.33. The standard InChI is InChI=1S/C18H19N3O2/c1-11-17(23-12(2)20-11)18(22)21-16(10-19)15-8-7-13-5-3-4-6-14(13)9-15/h3-9,16H,10,19H2,1-2H3,(H,21,22). The van der Waals surface area contributed by atoms with Crippen molar-refractivity contribution in [2.75, 3.05) is 6.54 Å². The van der Waals surface area contributed by atoms with Crippen LogP contribution in [0, 0.1) is 13.8 Å². The summed E-state index contributed by atoms with van der Waals surface area (Å²) >= 11 is 0. The summed E-state index contributed by atoms with van der Waals surface area (Å²) in [5.74, 6) is 0.413. The average molecular weight is 309 g/mol. The molecule has 1 aromatic heterocycles. The zero-order valence-corrected chi connectivity index (χ0v) is 13.2. The number of fused-ring (bicyclic) bond motifs is 1. The van der Waals surface area contributed by atoms with E-state index in [9.17, 15) is 4.79 Å². The van der Waals surface area contributed by atoms with Crippen LogP contribution in [-0.2, 0) is 0 Å². The van der Waals surface area contributed by atoms with Crippen molar-refractivity contribution in [2.24, 2.45) is 5.73 Å². The molecule has 3 N–H and O–H groups in total. The number of carbonyl (C=O) groups is 1. The van der Waals surface area contributed by atoms with E-state index in [0.29, 0.717) is 18.1 Å². The SMILES string of the molecule is Cc1nc(C)c(C(=O)NC(CN)c2ccc3ccccc3c2)o1. The van der Waals surface area contributed by atoms with Crippen molar-refractivity contribution in [3.63, 3.8) is 0 Å². The summed E-state index contributed by atoms with van der Waals surface area (Å²) in [5.41, 5.74) is 7.40. The highest BCUT2D eigenvalue weighted by atomic mass is 16.4. The van der Waals surface area contributed by atoms with Crippen molar-refractivity contribution in [3.8, 4) is 0 Å². The predicted molar refractivity (Wildman–Crippen MR) is 89.2 cm³/mol. The van der Waals surface area contributed by atoms with Crippen molar-refractivity contribution in [2.45, 2.75) is 19.9 Å². The molecule has 0 aliphatic rings. The number of hydrogen-bond donors (Lipinski definition) is 2. The van der Waals surface area contributed by atoms with Gasteiger partial charge in [0, 0.05) is 13.5 Å². The van der Waals surface area contributed by atoms with E-state index in [2.05, 4.69) is 16.4 Å². The highest BCUT2D eigenvalue weighted by molar-refractivity contribution is 5.93. The van der Waals surface area contributed by atoms with Crippen LogP contribution >= 0.6 is 0 Å². The summed E-state index contributed by atoms with van der Waals surface area (Å²) in [6, 6.07) is 13.9. The predicted octanol–water partition coefficient (Wildman–Crippen LogP) is 2.87. The van der Waals surface area contributed by atoms with Gasteiger partial charge in [-0.15, -0.1) is 0 Å². The van der Waals surface area contributed by atoms with Gasteiger partial charge in [0.05, 0.1) is 11.7 Å². The lowest BCUT2D eigenvalue weighted by atomic mass is 10.0. The molecular weight excluding hydrogens is 290 g/mol. The van der Waals surface area contributed by atoms with Crippen molar-refractivity contribution in [3.05, 3.63) is 65.4 Å².